The standard InChI is InChI=1S/C15H24N4O2/c1-4-16-14-6-5-13(9-15(14)19(20)21)11-18-8-7-17(3)12(2)10-18/h5-6,9,12,16H,4,7-8,10-11H2,1-3H3. The van der Waals surface area contributed by atoms with Gasteiger partial charge < -0.3 is 10.2 Å². The van der Waals surface area contributed by atoms with E-state index in [-0.39, 0.29) is 10.6 Å². The number of nitrogens with zero attached hydrogens (tertiary/aromatic N) is 3. The number of nitro groups is 1. The molecule has 0 saturated carbocycles. The molecule has 0 spiro atoms. The molecule has 0 radical (unpaired) electrons. The van der Waals surface area contributed by atoms with Crippen LogP contribution >= 0.6 is 0 Å². The van der Waals surface area contributed by atoms with Gasteiger partial charge in [0.15, 0.2) is 0 Å². The van der Waals surface area contributed by atoms with Gasteiger partial charge in [-0.1, -0.05) is 6.07 Å². The number of piperazine rings is 1. The molecule has 6 nitrogen and oxygen atoms in total. The zero-order chi connectivity index (χ0) is 15.4. The summed E-state index contributed by atoms with van der Waals surface area (Å²) >= 11 is 0. The molecule has 0 aliphatic carbocycles. The average molecular weight is 292 g/mol. The molecule has 1 aromatic rings. The highest BCUT2D eigenvalue weighted by Gasteiger charge is 2.21. The molecule has 21 heavy (non-hydrogen) atoms. The quantitative estimate of drug-likeness (QED) is 0.665. The Morgan fingerprint density at radius 2 is 2.19 bits per heavy atom. The Morgan fingerprint density at radius 1 is 1.43 bits per heavy atom. The molecule has 0 aromatic heterocycles. The minimum atomic E-state index is -0.311. The largest absolute Gasteiger partial charge is 0.380 e. The summed E-state index contributed by atoms with van der Waals surface area (Å²) in [6.07, 6.45) is 0. The molecule has 1 aliphatic heterocycles. The molecular weight excluding hydrogens is 268 g/mol. The second-order valence-electron chi connectivity index (χ2n) is 5.70. The summed E-state index contributed by atoms with van der Waals surface area (Å²) in [7, 11) is 2.14. The highest BCUT2D eigenvalue weighted by atomic mass is 16.6. The third kappa shape index (κ3) is 3.92. The summed E-state index contributed by atoms with van der Waals surface area (Å²) in [4.78, 5) is 15.6. The van der Waals surface area contributed by atoms with Crippen LogP contribution < -0.4 is 5.32 Å². The van der Waals surface area contributed by atoms with Gasteiger partial charge in [-0.25, -0.2) is 0 Å². The summed E-state index contributed by atoms with van der Waals surface area (Å²) < 4.78 is 0. The molecule has 1 unspecified atom stereocenters. The monoisotopic (exact) mass is 292 g/mol. The van der Waals surface area contributed by atoms with Gasteiger partial charge in [-0.05, 0) is 32.5 Å². The molecule has 0 bridgehead atoms. The number of anilines is 1. The fourth-order valence-electron chi connectivity index (χ4n) is 2.69. The fraction of sp³-hybridized carbons (Fsp3) is 0.600. The van der Waals surface area contributed by atoms with Crippen molar-refractivity contribution in [2.45, 2.75) is 26.4 Å². The van der Waals surface area contributed by atoms with Crippen molar-refractivity contribution in [2.75, 3.05) is 38.5 Å². The van der Waals surface area contributed by atoms with Crippen LogP contribution in [0.5, 0.6) is 0 Å². The molecule has 116 valence electrons. The second kappa shape index (κ2) is 6.87. The van der Waals surface area contributed by atoms with Crippen molar-refractivity contribution in [1.29, 1.82) is 0 Å². The van der Waals surface area contributed by atoms with Crippen molar-refractivity contribution in [1.82, 2.24) is 9.80 Å². The summed E-state index contributed by atoms with van der Waals surface area (Å²) in [5.74, 6) is 0. The van der Waals surface area contributed by atoms with E-state index in [1.165, 1.54) is 0 Å². The van der Waals surface area contributed by atoms with E-state index >= 15 is 0 Å². The van der Waals surface area contributed by atoms with Crippen molar-refractivity contribution in [3.05, 3.63) is 33.9 Å². The first-order chi connectivity index (χ1) is 10.0. The molecule has 1 heterocycles. The van der Waals surface area contributed by atoms with Crippen LogP contribution in [-0.4, -0.2) is 54.0 Å². The van der Waals surface area contributed by atoms with Crippen LogP contribution in [0, 0.1) is 10.1 Å². The van der Waals surface area contributed by atoms with Gasteiger partial charge in [0.25, 0.3) is 5.69 Å². The van der Waals surface area contributed by atoms with E-state index in [1.54, 1.807) is 6.07 Å². The minimum absolute atomic E-state index is 0.163. The van der Waals surface area contributed by atoms with Crippen molar-refractivity contribution in [3.63, 3.8) is 0 Å². The fourth-order valence-corrected chi connectivity index (χ4v) is 2.69. The zero-order valence-electron chi connectivity index (χ0n) is 13.0. The lowest BCUT2D eigenvalue weighted by molar-refractivity contribution is -0.384. The van der Waals surface area contributed by atoms with E-state index in [0.717, 1.165) is 31.7 Å². The molecule has 1 aromatic carbocycles. The summed E-state index contributed by atoms with van der Waals surface area (Å²) in [5.41, 5.74) is 1.76. The van der Waals surface area contributed by atoms with Crippen molar-refractivity contribution >= 4 is 11.4 Å². The van der Waals surface area contributed by atoms with E-state index in [1.807, 2.05) is 19.1 Å². The van der Waals surface area contributed by atoms with Gasteiger partial charge >= 0.3 is 0 Å². The van der Waals surface area contributed by atoms with Gasteiger partial charge in [0.2, 0.25) is 0 Å². The minimum Gasteiger partial charge on any atom is -0.380 e. The van der Waals surface area contributed by atoms with Gasteiger partial charge in [-0.2, -0.15) is 0 Å². The highest BCUT2D eigenvalue weighted by Crippen LogP contribution is 2.26. The molecule has 1 saturated heterocycles. The van der Waals surface area contributed by atoms with Crippen molar-refractivity contribution in [2.24, 2.45) is 0 Å². The lowest BCUT2D eigenvalue weighted by Gasteiger charge is -2.37. The topological polar surface area (TPSA) is 61.6 Å². The number of nitro benzene ring substituents is 1. The highest BCUT2D eigenvalue weighted by molar-refractivity contribution is 5.62. The van der Waals surface area contributed by atoms with E-state index in [4.69, 9.17) is 0 Å². The molecule has 1 N–H and O–H groups in total. The first-order valence-electron chi connectivity index (χ1n) is 7.45. The molecule has 1 aliphatic rings. The zero-order valence-corrected chi connectivity index (χ0v) is 13.0. The van der Waals surface area contributed by atoms with Crippen LogP contribution in [0.2, 0.25) is 0 Å². The summed E-state index contributed by atoms with van der Waals surface area (Å²) in [6, 6.07) is 6.01. The molecule has 6 heteroatoms. The Kier molecular flexibility index (Phi) is 5.14. The SMILES string of the molecule is CCNc1ccc(CN2CCN(C)C(C)C2)cc1[N+](=O)[O-]. The van der Waals surface area contributed by atoms with Crippen molar-refractivity contribution in [3.8, 4) is 0 Å². The first-order valence-corrected chi connectivity index (χ1v) is 7.45. The predicted octanol–water partition coefficient (Wildman–Crippen LogP) is 2.16. The number of benzene rings is 1. The molecule has 2 rings (SSSR count). The number of rotatable bonds is 5. The van der Waals surface area contributed by atoms with Crippen LogP contribution in [-0.2, 0) is 6.54 Å². The predicted molar refractivity (Wildman–Crippen MR) is 84.6 cm³/mol. The van der Waals surface area contributed by atoms with Gasteiger partial charge in [0.1, 0.15) is 5.69 Å². The number of hydrogen-bond donors (Lipinski definition) is 1. The maximum Gasteiger partial charge on any atom is 0.292 e. The van der Waals surface area contributed by atoms with E-state index in [2.05, 4.69) is 29.1 Å². The van der Waals surface area contributed by atoms with Gasteiger partial charge in [0, 0.05) is 44.8 Å². The molecule has 1 fully saturated rings. The average Bonchev–Trinajstić information content (AvgIpc) is 2.44. The number of nitrogens with one attached hydrogen (secondary N) is 1. The van der Waals surface area contributed by atoms with E-state index < -0.39 is 0 Å². The molecule has 0 amide bonds. The van der Waals surface area contributed by atoms with Gasteiger partial charge in [-0.15, -0.1) is 0 Å². The third-order valence-electron chi connectivity index (χ3n) is 4.08. The summed E-state index contributed by atoms with van der Waals surface area (Å²) in [5, 5.41) is 14.2. The van der Waals surface area contributed by atoms with Crippen LogP contribution in [0.1, 0.15) is 19.4 Å². The van der Waals surface area contributed by atoms with Crippen LogP contribution in [0.3, 0.4) is 0 Å². The van der Waals surface area contributed by atoms with E-state index in [9.17, 15) is 10.1 Å². The number of likely N-dealkylation sites (N-methyl/N-ethyl adjacent to an activating group) is 1. The van der Waals surface area contributed by atoms with Gasteiger partial charge in [-0.3, -0.25) is 15.0 Å². The third-order valence-corrected chi connectivity index (χ3v) is 4.08. The maximum atomic E-state index is 11.2. The first kappa shape index (κ1) is 15.7. The second-order valence-corrected chi connectivity index (χ2v) is 5.70. The smallest absolute Gasteiger partial charge is 0.292 e. The van der Waals surface area contributed by atoms with Gasteiger partial charge in [0.05, 0.1) is 4.92 Å². The normalized spacial score (nSPS) is 20.4. The maximum absolute atomic E-state index is 11.2. The lowest BCUT2D eigenvalue weighted by atomic mass is 10.1. The Balaban J connectivity index is 2.10. The summed E-state index contributed by atoms with van der Waals surface area (Å²) in [6.45, 7) is 8.63. The molecule has 1 atom stereocenters. The van der Waals surface area contributed by atoms with Crippen molar-refractivity contribution < 1.29 is 4.92 Å². The number of hydrogen-bond acceptors (Lipinski definition) is 5. The Morgan fingerprint density at radius 3 is 2.81 bits per heavy atom. The van der Waals surface area contributed by atoms with Crippen LogP contribution in [0.4, 0.5) is 11.4 Å². The van der Waals surface area contributed by atoms with Crippen LogP contribution in [0.25, 0.3) is 0 Å². The lowest BCUT2D eigenvalue weighted by Crippen LogP contribution is -2.49. The van der Waals surface area contributed by atoms with Crippen LogP contribution in [0.15, 0.2) is 18.2 Å². The Hall–Kier alpha value is -1.66. The Labute approximate surface area is 125 Å². The molecular formula is C15H24N4O2. The Bertz CT molecular complexity index is 506. The van der Waals surface area contributed by atoms with E-state index in [0.29, 0.717) is 18.3 Å².